The fourth-order valence-electron chi connectivity index (χ4n) is 2.53. The van der Waals surface area contributed by atoms with E-state index in [0.29, 0.717) is 23.0 Å². The third-order valence-electron chi connectivity index (χ3n) is 4.10. The second-order valence-electron chi connectivity index (χ2n) is 5.74. The standard InChI is InChI=1S/C17H17ClN2O3S/c1-23-13-5-4-11(18)9-12(13)20-16(22)15(21)19-10-17(6-7-17)14-3-2-8-24-14/h2-5,8-9H,6-7,10H2,1H3,(H,19,21)(H,20,22). The van der Waals surface area contributed by atoms with Crippen molar-refractivity contribution in [3.63, 3.8) is 0 Å². The van der Waals surface area contributed by atoms with Crippen molar-refractivity contribution in [2.24, 2.45) is 0 Å². The maximum Gasteiger partial charge on any atom is 0.313 e. The molecule has 126 valence electrons. The Labute approximate surface area is 149 Å². The highest BCUT2D eigenvalue weighted by molar-refractivity contribution is 7.10. The molecule has 1 fully saturated rings. The molecular weight excluding hydrogens is 348 g/mol. The molecule has 2 N–H and O–H groups in total. The highest BCUT2D eigenvalue weighted by Gasteiger charge is 2.45. The number of rotatable bonds is 5. The van der Waals surface area contributed by atoms with Crippen molar-refractivity contribution in [3.8, 4) is 5.75 Å². The minimum Gasteiger partial charge on any atom is -0.495 e. The van der Waals surface area contributed by atoms with Gasteiger partial charge in [-0.3, -0.25) is 9.59 Å². The fourth-order valence-corrected chi connectivity index (χ4v) is 3.69. The van der Waals surface area contributed by atoms with Gasteiger partial charge in [-0.2, -0.15) is 0 Å². The van der Waals surface area contributed by atoms with Gasteiger partial charge in [-0.1, -0.05) is 17.7 Å². The lowest BCUT2D eigenvalue weighted by Crippen LogP contribution is -2.39. The second kappa shape index (κ2) is 6.83. The Morgan fingerprint density at radius 1 is 1.29 bits per heavy atom. The zero-order chi connectivity index (χ0) is 17.2. The number of hydrogen-bond donors (Lipinski definition) is 2. The highest BCUT2D eigenvalue weighted by Crippen LogP contribution is 2.49. The molecule has 1 aromatic heterocycles. The van der Waals surface area contributed by atoms with Gasteiger partial charge in [-0.25, -0.2) is 0 Å². The monoisotopic (exact) mass is 364 g/mol. The van der Waals surface area contributed by atoms with Crippen molar-refractivity contribution < 1.29 is 14.3 Å². The number of carbonyl (C=O) groups is 2. The van der Waals surface area contributed by atoms with Crippen LogP contribution in [-0.4, -0.2) is 25.5 Å². The summed E-state index contributed by atoms with van der Waals surface area (Å²) in [6.45, 7) is 0.465. The van der Waals surface area contributed by atoms with E-state index in [1.54, 1.807) is 29.5 Å². The summed E-state index contributed by atoms with van der Waals surface area (Å²) >= 11 is 7.60. The lowest BCUT2D eigenvalue weighted by molar-refractivity contribution is -0.136. The van der Waals surface area contributed by atoms with E-state index in [4.69, 9.17) is 16.3 Å². The van der Waals surface area contributed by atoms with Gasteiger partial charge in [0.1, 0.15) is 5.75 Å². The molecule has 2 amide bonds. The second-order valence-corrected chi connectivity index (χ2v) is 7.12. The average molecular weight is 365 g/mol. The number of ether oxygens (including phenoxy) is 1. The molecule has 0 bridgehead atoms. The molecule has 1 aliphatic rings. The number of amides is 2. The first kappa shape index (κ1) is 16.8. The SMILES string of the molecule is COc1ccc(Cl)cc1NC(=O)C(=O)NCC1(c2cccs2)CC1. The molecule has 3 rings (SSSR count). The van der Waals surface area contributed by atoms with Crippen molar-refractivity contribution in [1.82, 2.24) is 5.32 Å². The van der Waals surface area contributed by atoms with E-state index in [1.807, 2.05) is 11.4 Å². The zero-order valence-electron chi connectivity index (χ0n) is 13.1. The van der Waals surface area contributed by atoms with Crippen LogP contribution in [0.4, 0.5) is 5.69 Å². The van der Waals surface area contributed by atoms with Crippen LogP contribution in [0.25, 0.3) is 0 Å². The first-order chi connectivity index (χ1) is 11.5. The average Bonchev–Trinajstić information content (AvgIpc) is 3.15. The van der Waals surface area contributed by atoms with E-state index in [0.717, 1.165) is 12.8 Å². The molecule has 1 heterocycles. The quantitative estimate of drug-likeness (QED) is 0.800. The van der Waals surface area contributed by atoms with Crippen molar-refractivity contribution in [2.45, 2.75) is 18.3 Å². The smallest absolute Gasteiger partial charge is 0.313 e. The molecule has 5 nitrogen and oxygen atoms in total. The number of methoxy groups -OCH3 is 1. The molecule has 0 unspecified atom stereocenters. The maximum absolute atomic E-state index is 12.1. The van der Waals surface area contributed by atoms with E-state index < -0.39 is 11.8 Å². The van der Waals surface area contributed by atoms with Crippen LogP contribution in [0.3, 0.4) is 0 Å². The minimum absolute atomic E-state index is 0.00213. The van der Waals surface area contributed by atoms with Gasteiger partial charge in [0.25, 0.3) is 0 Å². The molecule has 24 heavy (non-hydrogen) atoms. The third-order valence-corrected chi connectivity index (χ3v) is 5.45. The lowest BCUT2D eigenvalue weighted by atomic mass is 10.1. The summed E-state index contributed by atoms with van der Waals surface area (Å²) < 4.78 is 5.15. The summed E-state index contributed by atoms with van der Waals surface area (Å²) in [6, 6.07) is 8.89. The Morgan fingerprint density at radius 2 is 2.08 bits per heavy atom. The molecule has 0 radical (unpaired) electrons. The van der Waals surface area contributed by atoms with Crippen molar-refractivity contribution in [1.29, 1.82) is 0 Å². The largest absolute Gasteiger partial charge is 0.495 e. The summed E-state index contributed by atoms with van der Waals surface area (Å²) in [5, 5.41) is 7.73. The Morgan fingerprint density at radius 3 is 2.71 bits per heavy atom. The van der Waals surface area contributed by atoms with Crippen LogP contribution in [0.5, 0.6) is 5.75 Å². The highest BCUT2D eigenvalue weighted by atomic mass is 35.5. The maximum atomic E-state index is 12.1. The van der Waals surface area contributed by atoms with Crippen LogP contribution in [0.1, 0.15) is 17.7 Å². The van der Waals surface area contributed by atoms with E-state index >= 15 is 0 Å². The number of carbonyl (C=O) groups excluding carboxylic acids is 2. The molecule has 0 atom stereocenters. The number of anilines is 1. The summed E-state index contributed by atoms with van der Waals surface area (Å²) in [4.78, 5) is 25.4. The Hall–Kier alpha value is -2.05. The Balaban J connectivity index is 1.60. The van der Waals surface area contributed by atoms with E-state index in [1.165, 1.54) is 12.0 Å². The van der Waals surface area contributed by atoms with Crippen LogP contribution in [-0.2, 0) is 15.0 Å². The number of hydrogen-bond acceptors (Lipinski definition) is 4. The summed E-state index contributed by atoms with van der Waals surface area (Å²) in [7, 11) is 1.48. The van der Waals surface area contributed by atoms with Crippen molar-refractivity contribution in [2.75, 3.05) is 19.0 Å². The van der Waals surface area contributed by atoms with E-state index in [9.17, 15) is 9.59 Å². The first-order valence-electron chi connectivity index (χ1n) is 7.51. The fraction of sp³-hybridized carbons (Fsp3) is 0.294. The summed E-state index contributed by atoms with van der Waals surface area (Å²) in [5.41, 5.74) is 0.363. The van der Waals surface area contributed by atoms with Crippen molar-refractivity contribution >= 4 is 40.4 Å². The molecule has 0 spiro atoms. The van der Waals surface area contributed by atoms with Gasteiger partial charge in [-0.15, -0.1) is 11.3 Å². The Bertz CT molecular complexity index is 757. The van der Waals surface area contributed by atoms with Crippen LogP contribution in [0, 0.1) is 0 Å². The number of halogens is 1. The van der Waals surface area contributed by atoms with Crippen LogP contribution in [0.2, 0.25) is 5.02 Å². The minimum atomic E-state index is -0.738. The predicted octanol–water partition coefficient (Wildman–Crippen LogP) is 3.20. The van der Waals surface area contributed by atoms with Gasteiger partial charge in [0.2, 0.25) is 0 Å². The van der Waals surface area contributed by atoms with Crippen molar-refractivity contribution in [3.05, 3.63) is 45.6 Å². The van der Waals surface area contributed by atoms with Gasteiger partial charge in [0, 0.05) is 21.9 Å². The Kier molecular flexibility index (Phi) is 4.78. The van der Waals surface area contributed by atoms with Crippen LogP contribution < -0.4 is 15.4 Å². The summed E-state index contributed by atoms with van der Waals surface area (Å²) in [5.74, 6) is -0.963. The molecular formula is C17H17ClN2O3S. The molecule has 7 heteroatoms. The summed E-state index contributed by atoms with van der Waals surface area (Å²) in [6.07, 6.45) is 2.05. The van der Waals surface area contributed by atoms with Crippen LogP contribution >= 0.6 is 22.9 Å². The molecule has 0 saturated heterocycles. The molecule has 1 aromatic carbocycles. The van der Waals surface area contributed by atoms with E-state index in [2.05, 4.69) is 16.7 Å². The normalized spacial score (nSPS) is 14.8. The third kappa shape index (κ3) is 3.55. The number of thiophene rings is 1. The van der Waals surface area contributed by atoms with Crippen LogP contribution in [0.15, 0.2) is 35.7 Å². The van der Waals surface area contributed by atoms with E-state index in [-0.39, 0.29) is 5.41 Å². The van der Waals surface area contributed by atoms with Gasteiger partial charge >= 0.3 is 11.8 Å². The lowest BCUT2D eigenvalue weighted by Gasteiger charge is -2.15. The molecule has 1 aliphatic carbocycles. The topological polar surface area (TPSA) is 67.4 Å². The molecule has 0 aliphatic heterocycles. The molecule has 1 saturated carbocycles. The van der Waals surface area contributed by atoms with Gasteiger partial charge in [-0.05, 0) is 42.5 Å². The first-order valence-corrected chi connectivity index (χ1v) is 8.76. The van der Waals surface area contributed by atoms with Gasteiger partial charge in [0.15, 0.2) is 0 Å². The zero-order valence-corrected chi connectivity index (χ0v) is 14.7. The predicted molar refractivity (Wildman–Crippen MR) is 94.9 cm³/mol. The van der Waals surface area contributed by atoms with Gasteiger partial charge in [0.05, 0.1) is 12.8 Å². The van der Waals surface area contributed by atoms with Gasteiger partial charge < -0.3 is 15.4 Å². The molecule has 2 aromatic rings. The number of benzene rings is 1. The number of nitrogens with one attached hydrogen (secondary N) is 2.